The van der Waals surface area contributed by atoms with Crippen molar-refractivity contribution < 1.29 is 10.0 Å². The van der Waals surface area contributed by atoms with Gasteiger partial charge in [-0.25, -0.2) is 4.98 Å². The van der Waals surface area contributed by atoms with E-state index in [1.54, 1.807) is 66.7 Å². The number of benzene rings is 3. The number of fused-ring (bicyclic) bond motifs is 1. The summed E-state index contributed by atoms with van der Waals surface area (Å²) in [5.74, 6) is 0.381. The summed E-state index contributed by atoms with van der Waals surface area (Å²) in [5.41, 5.74) is 0.933. The third kappa shape index (κ3) is 3.49. The molecule has 0 atom stereocenters. The van der Waals surface area contributed by atoms with Crippen molar-refractivity contribution in [3.8, 4) is 11.4 Å². The summed E-state index contributed by atoms with van der Waals surface area (Å²) in [6.07, 6.45) is 3.24. The molecule has 4 rings (SSSR count). The van der Waals surface area contributed by atoms with Gasteiger partial charge in [-0.1, -0.05) is 36.4 Å². The second-order valence-corrected chi connectivity index (χ2v) is 6.30. The molecular weight excluding hydrogens is 370 g/mol. The first-order chi connectivity index (χ1) is 14.0. The first kappa shape index (κ1) is 18.1. The molecule has 0 aliphatic rings. The van der Waals surface area contributed by atoms with E-state index >= 15 is 0 Å². The number of nitro groups is 1. The van der Waals surface area contributed by atoms with Crippen LogP contribution < -0.4 is 5.56 Å². The van der Waals surface area contributed by atoms with Gasteiger partial charge < -0.3 is 5.11 Å². The molecule has 0 saturated heterocycles. The van der Waals surface area contributed by atoms with Gasteiger partial charge in [0, 0.05) is 17.7 Å². The molecule has 0 aliphatic heterocycles. The van der Waals surface area contributed by atoms with E-state index in [4.69, 9.17) is 0 Å². The van der Waals surface area contributed by atoms with Crippen molar-refractivity contribution in [3.05, 3.63) is 105 Å². The van der Waals surface area contributed by atoms with E-state index in [1.807, 2.05) is 0 Å². The highest BCUT2D eigenvalue weighted by atomic mass is 16.6. The maximum absolute atomic E-state index is 13.2. The Morgan fingerprint density at radius 1 is 0.966 bits per heavy atom. The van der Waals surface area contributed by atoms with Crippen LogP contribution in [0.1, 0.15) is 11.4 Å². The number of hydrogen-bond acceptors (Lipinski definition) is 5. The highest BCUT2D eigenvalue weighted by Crippen LogP contribution is 2.21. The molecule has 7 heteroatoms. The average molecular weight is 385 g/mol. The van der Waals surface area contributed by atoms with Crippen molar-refractivity contribution >= 4 is 28.7 Å². The second-order valence-electron chi connectivity index (χ2n) is 6.30. The predicted octanol–water partition coefficient (Wildman–Crippen LogP) is 4.17. The fraction of sp³-hybridized carbons (Fsp3) is 0. The zero-order chi connectivity index (χ0) is 20.4. The number of para-hydroxylation sites is 2. The van der Waals surface area contributed by atoms with Gasteiger partial charge in [-0.15, -0.1) is 0 Å². The molecule has 3 aromatic carbocycles. The van der Waals surface area contributed by atoms with Gasteiger partial charge in [-0.05, 0) is 36.4 Å². The van der Waals surface area contributed by atoms with Gasteiger partial charge in [0.25, 0.3) is 11.2 Å². The van der Waals surface area contributed by atoms with Crippen LogP contribution in [-0.4, -0.2) is 19.6 Å². The van der Waals surface area contributed by atoms with Crippen molar-refractivity contribution in [2.24, 2.45) is 0 Å². The molecule has 0 amide bonds. The lowest BCUT2D eigenvalue weighted by atomic mass is 10.1. The monoisotopic (exact) mass is 385 g/mol. The van der Waals surface area contributed by atoms with Crippen LogP contribution in [0.2, 0.25) is 0 Å². The number of non-ortho nitro benzene ring substituents is 1. The summed E-state index contributed by atoms with van der Waals surface area (Å²) >= 11 is 0. The molecule has 0 unspecified atom stereocenters. The van der Waals surface area contributed by atoms with E-state index in [9.17, 15) is 20.0 Å². The highest BCUT2D eigenvalue weighted by molar-refractivity contribution is 5.80. The van der Waals surface area contributed by atoms with E-state index in [1.165, 1.54) is 22.8 Å². The van der Waals surface area contributed by atoms with Gasteiger partial charge in [-0.2, -0.15) is 0 Å². The third-order valence-electron chi connectivity index (χ3n) is 4.45. The van der Waals surface area contributed by atoms with Gasteiger partial charge in [0.15, 0.2) is 0 Å². The first-order valence-corrected chi connectivity index (χ1v) is 8.77. The molecule has 0 aliphatic carbocycles. The Morgan fingerprint density at radius 2 is 1.72 bits per heavy atom. The lowest BCUT2D eigenvalue weighted by molar-refractivity contribution is -0.384. The van der Waals surface area contributed by atoms with E-state index in [0.29, 0.717) is 22.2 Å². The minimum atomic E-state index is -0.513. The van der Waals surface area contributed by atoms with E-state index < -0.39 is 4.92 Å². The molecule has 0 radical (unpaired) electrons. The van der Waals surface area contributed by atoms with E-state index in [0.717, 1.165) is 0 Å². The maximum Gasteiger partial charge on any atom is 0.271 e. The normalized spacial score (nSPS) is 11.2. The number of phenols is 1. The molecule has 0 bridgehead atoms. The van der Waals surface area contributed by atoms with Crippen LogP contribution in [0, 0.1) is 10.1 Å². The zero-order valence-corrected chi connectivity index (χ0v) is 15.1. The first-order valence-electron chi connectivity index (χ1n) is 8.77. The average Bonchev–Trinajstić information content (AvgIpc) is 2.73. The van der Waals surface area contributed by atoms with Crippen LogP contribution in [0.5, 0.6) is 5.75 Å². The Bertz CT molecular complexity index is 1330. The fourth-order valence-electron chi connectivity index (χ4n) is 3.05. The van der Waals surface area contributed by atoms with Crippen LogP contribution in [-0.2, 0) is 0 Å². The molecule has 1 aromatic heterocycles. The minimum Gasteiger partial charge on any atom is -0.507 e. The molecular formula is C22H15N3O4. The van der Waals surface area contributed by atoms with Gasteiger partial charge in [0.2, 0.25) is 0 Å². The van der Waals surface area contributed by atoms with Gasteiger partial charge in [-0.3, -0.25) is 19.5 Å². The van der Waals surface area contributed by atoms with Crippen molar-refractivity contribution in [1.29, 1.82) is 0 Å². The Morgan fingerprint density at radius 3 is 2.52 bits per heavy atom. The highest BCUT2D eigenvalue weighted by Gasteiger charge is 2.14. The van der Waals surface area contributed by atoms with Crippen LogP contribution >= 0.6 is 0 Å². The second kappa shape index (κ2) is 7.40. The molecule has 0 fully saturated rings. The molecule has 142 valence electrons. The smallest absolute Gasteiger partial charge is 0.271 e. The summed E-state index contributed by atoms with van der Waals surface area (Å²) < 4.78 is 1.33. The molecule has 0 spiro atoms. The number of nitro benzene ring substituents is 1. The van der Waals surface area contributed by atoms with E-state index in [-0.39, 0.29) is 22.8 Å². The number of rotatable bonds is 4. The number of nitrogens with zero attached hydrogens (tertiary/aromatic N) is 3. The largest absolute Gasteiger partial charge is 0.507 e. The van der Waals surface area contributed by atoms with Gasteiger partial charge in [0.05, 0.1) is 21.5 Å². The van der Waals surface area contributed by atoms with Crippen LogP contribution in [0.25, 0.3) is 28.7 Å². The van der Waals surface area contributed by atoms with Crippen LogP contribution in [0.4, 0.5) is 5.69 Å². The Kier molecular flexibility index (Phi) is 4.62. The standard InChI is InChI=1S/C22H15N3O4/c26-20-11-4-1-6-15(20)12-13-21-23-19-10-3-2-9-18(19)22(27)24(21)16-7-5-8-17(14-16)25(28)29/h1-14,26H/b13-12+. The number of hydrogen-bond donors (Lipinski definition) is 1. The molecule has 4 aromatic rings. The van der Waals surface area contributed by atoms with Crippen LogP contribution in [0.15, 0.2) is 77.6 Å². The molecule has 29 heavy (non-hydrogen) atoms. The summed E-state index contributed by atoms with van der Waals surface area (Å²) in [7, 11) is 0. The van der Waals surface area contributed by atoms with E-state index in [2.05, 4.69) is 4.98 Å². The molecule has 0 saturated carbocycles. The van der Waals surface area contributed by atoms with Crippen molar-refractivity contribution in [3.63, 3.8) is 0 Å². The summed E-state index contributed by atoms with van der Waals surface area (Å²) in [6, 6.07) is 19.5. The zero-order valence-electron chi connectivity index (χ0n) is 15.1. The summed E-state index contributed by atoms with van der Waals surface area (Å²) in [6.45, 7) is 0. The minimum absolute atomic E-state index is 0.0915. The number of phenolic OH excluding ortho intramolecular Hbond substituents is 1. The molecule has 1 heterocycles. The van der Waals surface area contributed by atoms with Gasteiger partial charge >= 0.3 is 0 Å². The lowest BCUT2D eigenvalue weighted by Crippen LogP contribution is -2.22. The third-order valence-corrected chi connectivity index (χ3v) is 4.45. The predicted molar refractivity (Wildman–Crippen MR) is 111 cm³/mol. The molecule has 1 N–H and O–H groups in total. The summed E-state index contributed by atoms with van der Waals surface area (Å²) in [5, 5.41) is 21.6. The fourth-order valence-corrected chi connectivity index (χ4v) is 3.05. The van der Waals surface area contributed by atoms with Gasteiger partial charge in [0.1, 0.15) is 11.6 Å². The quantitative estimate of drug-likeness (QED) is 0.420. The number of aromatic nitrogens is 2. The van der Waals surface area contributed by atoms with Crippen molar-refractivity contribution in [2.45, 2.75) is 0 Å². The Hall–Kier alpha value is -4.26. The van der Waals surface area contributed by atoms with Crippen molar-refractivity contribution in [2.75, 3.05) is 0 Å². The Balaban J connectivity index is 1.97. The molecule has 7 nitrogen and oxygen atoms in total. The van der Waals surface area contributed by atoms with Crippen LogP contribution in [0.3, 0.4) is 0 Å². The Labute approximate surface area is 165 Å². The van der Waals surface area contributed by atoms with Crippen molar-refractivity contribution in [1.82, 2.24) is 9.55 Å². The SMILES string of the molecule is O=c1c2ccccc2nc(/C=C/c2ccccc2O)n1-c1cccc([N+](=O)[O-])c1. The maximum atomic E-state index is 13.2. The number of aromatic hydroxyl groups is 1. The summed E-state index contributed by atoms with van der Waals surface area (Å²) in [4.78, 5) is 28.4. The lowest BCUT2D eigenvalue weighted by Gasteiger charge is -2.11. The topological polar surface area (TPSA) is 98.3 Å².